The van der Waals surface area contributed by atoms with Gasteiger partial charge < -0.3 is 10.4 Å². The summed E-state index contributed by atoms with van der Waals surface area (Å²) in [5, 5.41) is 16.8. The zero-order valence-electron chi connectivity index (χ0n) is 7.86. The van der Waals surface area contributed by atoms with Crippen LogP contribution in [0.25, 0.3) is 0 Å². The Morgan fingerprint density at radius 3 is 2.62 bits per heavy atom. The molecular formula is C7H18N2O3S. The summed E-state index contributed by atoms with van der Waals surface area (Å²) in [6.45, 7) is 2.69. The monoisotopic (exact) mass is 210 g/mol. The minimum atomic E-state index is -3.38. The van der Waals surface area contributed by atoms with Crippen molar-refractivity contribution in [2.45, 2.75) is 25.9 Å². The van der Waals surface area contributed by atoms with E-state index in [1.807, 2.05) is 6.92 Å². The molecule has 13 heavy (non-hydrogen) atoms. The van der Waals surface area contributed by atoms with Crippen LogP contribution in [0.5, 0.6) is 0 Å². The summed E-state index contributed by atoms with van der Waals surface area (Å²) >= 11 is 0. The van der Waals surface area contributed by atoms with Gasteiger partial charge in [-0.25, -0.2) is 13.6 Å². The summed E-state index contributed by atoms with van der Waals surface area (Å²) in [4.78, 5) is 0. The van der Waals surface area contributed by atoms with Crippen molar-refractivity contribution in [2.75, 3.05) is 18.8 Å². The third kappa shape index (κ3) is 9.75. The van der Waals surface area contributed by atoms with E-state index in [9.17, 15) is 13.5 Å². The van der Waals surface area contributed by atoms with Gasteiger partial charge in [0.15, 0.2) is 0 Å². The van der Waals surface area contributed by atoms with E-state index in [1.165, 1.54) is 0 Å². The van der Waals surface area contributed by atoms with Crippen molar-refractivity contribution in [2.24, 2.45) is 5.14 Å². The molecule has 6 heteroatoms. The molecule has 0 aliphatic carbocycles. The summed E-state index contributed by atoms with van der Waals surface area (Å²) in [6, 6.07) is 0. The van der Waals surface area contributed by atoms with Crippen LogP contribution in [0.2, 0.25) is 0 Å². The lowest BCUT2D eigenvalue weighted by molar-refractivity contribution is 0.161. The van der Waals surface area contributed by atoms with Gasteiger partial charge >= 0.3 is 0 Å². The van der Waals surface area contributed by atoms with Crippen LogP contribution in [-0.2, 0) is 10.0 Å². The van der Waals surface area contributed by atoms with Gasteiger partial charge in [0.05, 0.1) is 11.9 Å². The van der Waals surface area contributed by atoms with Crippen LogP contribution in [0.3, 0.4) is 0 Å². The molecule has 0 aliphatic heterocycles. The molecule has 0 saturated heterocycles. The van der Waals surface area contributed by atoms with Crippen molar-refractivity contribution >= 4 is 10.0 Å². The smallest absolute Gasteiger partial charge is 0.210 e. The second kappa shape index (κ2) is 6.31. The number of nitrogens with two attached hydrogens (primary N) is 1. The Morgan fingerprint density at radius 2 is 2.15 bits per heavy atom. The lowest BCUT2D eigenvalue weighted by Crippen LogP contribution is -2.32. The predicted octanol–water partition coefficient (Wildman–Crippen LogP) is -0.974. The van der Waals surface area contributed by atoms with Gasteiger partial charge in [0.1, 0.15) is 0 Å². The first-order valence-electron chi connectivity index (χ1n) is 4.35. The molecule has 0 spiro atoms. The summed E-state index contributed by atoms with van der Waals surface area (Å²) < 4.78 is 21.0. The van der Waals surface area contributed by atoms with Crippen molar-refractivity contribution in [1.29, 1.82) is 0 Å². The quantitative estimate of drug-likeness (QED) is 0.471. The highest BCUT2D eigenvalue weighted by Crippen LogP contribution is 1.93. The van der Waals surface area contributed by atoms with Crippen LogP contribution < -0.4 is 10.5 Å². The van der Waals surface area contributed by atoms with Crippen LogP contribution in [-0.4, -0.2) is 38.5 Å². The van der Waals surface area contributed by atoms with Gasteiger partial charge in [0, 0.05) is 13.1 Å². The van der Waals surface area contributed by atoms with E-state index < -0.39 is 16.1 Å². The van der Waals surface area contributed by atoms with Gasteiger partial charge in [0.2, 0.25) is 10.0 Å². The number of sulfonamides is 1. The Labute approximate surface area is 79.4 Å². The van der Waals surface area contributed by atoms with Gasteiger partial charge in [-0.2, -0.15) is 0 Å². The number of aliphatic hydroxyl groups is 1. The standard InChI is InChI=1S/C7H18N2O3S/c1-2-3-7(10)6-9-4-5-13(8,11)12/h7,9-10H,2-6H2,1H3,(H2,8,11,12). The van der Waals surface area contributed by atoms with Crippen molar-refractivity contribution in [1.82, 2.24) is 5.32 Å². The van der Waals surface area contributed by atoms with Crippen LogP contribution >= 0.6 is 0 Å². The molecule has 0 radical (unpaired) electrons. The molecule has 0 bridgehead atoms. The molecule has 0 rings (SSSR count). The lowest BCUT2D eigenvalue weighted by atomic mass is 10.2. The molecule has 0 aliphatic rings. The van der Waals surface area contributed by atoms with Crippen molar-refractivity contribution in [3.05, 3.63) is 0 Å². The van der Waals surface area contributed by atoms with Gasteiger partial charge in [-0.1, -0.05) is 13.3 Å². The SMILES string of the molecule is CCCC(O)CNCCS(N)(=O)=O. The number of nitrogens with one attached hydrogen (secondary N) is 1. The van der Waals surface area contributed by atoms with Crippen LogP contribution in [0, 0.1) is 0 Å². The molecular weight excluding hydrogens is 192 g/mol. The highest BCUT2D eigenvalue weighted by molar-refractivity contribution is 7.89. The second-order valence-corrected chi connectivity index (χ2v) is 4.75. The number of primary sulfonamides is 1. The fourth-order valence-corrected chi connectivity index (χ4v) is 1.35. The first-order chi connectivity index (χ1) is 5.95. The maximum absolute atomic E-state index is 10.5. The molecule has 80 valence electrons. The first kappa shape index (κ1) is 12.8. The van der Waals surface area contributed by atoms with Crippen molar-refractivity contribution < 1.29 is 13.5 Å². The van der Waals surface area contributed by atoms with E-state index in [4.69, 9.17) is 5.14 Å². The predicted molar refractivity (Wildman–Crippen MR) is 51.8 cm³/mol. The average molecular weight is 210 g/mol. The van der Waals surface area contributed by atoms with E-state index >= 15 is 0 Å². The fraction of sp³-hybridized carbons (Fsp3) is 1.00. The van der Waals surface area contributed by atoms with Gasteiger partial charge in [0.25, 0.3) is 0 Å². The average Bonchev–Trinajstić information content (AvgIpc) is 1.97. The Balaban J connectivity index is 3.36. The molecule has 0 amide bonds. The minimum absolute atomic E-state index is 0.0914. The Hall–Kier alpha value is -0.170. The highest BCUT2D eigenvalue weighted by Gasteiger charge is 2.04. The zero-order chi connectivity index (χ0) is 10.3. The second-order valence-electron chi connectivity index (χ2n) is 3.01. The Bertz CT molecular complexity index is 216. The largest absolute Gasteiger partial charge is 0.392 e. The van der Waals surface area contributed by atoms with Crippen LogP contribution in [0.1, 0.15) is 19.8 Å². The molecule has 0 aromatic heterocycles. The topological polar surface area (TPSA) is 92.4 Å². The summed E-state index contributed by atoms with van der Waals surface area (Å²) in [5.74, 6) is -0.0914. The molecule has 1 atom stereocenters. The van der Waals surface area contributed by atoms with E-state index in [-0.39, 0.29) is 5.75 Å². The van der Waals surface area contributed by atoms with Crippen molar-refractivity contribution in [3.63, 3.8) is 0 Å². The molecule has 4 N–H and O–H groups in total. The minimum Gasteiger partial charge on any atom is -0.392 e. The zero-order valence-corrected chi connectivity index (χ0v) is 8.68. The van der Waals surface area contributed by atoms with Crippen LogP contribution in [0.4, 0.5) is 0 Å². The summed E-state index contributed by atoms with van der Waals surface area (Å²) in [6.07, 6.45) is 1.24. The van der Waals surface area contributed by atoms with Gasteiger partial charge in [-0.05, 0) is 6.42 Å². The maximum Gasteiger partial charge on any atom is 0.210 e. The molecule has 0 heterocycles. The Kier molecular flexibility index (Phi) is 6.23. The maximum atomic E-state index is 10.5. The number of aliphatic hydroxyl groups excluding tert-OH is 1. The number of hydrogen-bond acceptors (Lipinski definition) is 4. The molecule has 0 aromatic carbocycles. The van der Waals surface area contributed by atoms with Crippen LogP contribution in [0.15, 0.2) is 0 Å². The number of rotatable bonds is 7. The molecule has 0 saturated carbocycles. The lowest BCUT2D eigenvalue weighted by Gasteiger charge is -2.09. The summed E-state index contributed by atoms with van der Waals surface area (Å²) in [7, 11) is -3.38. The van der Waals surface area contributed by atoms with E-state index in [0.717, 1.165) is 12.8 Å². The molecule has 1 unspecified atom stereocenters. The van der Waals surface area contributed by atoms with E-state index in [1.54, 1.807) is 0 Å². The van der Waals surface area contributed by atoms with Crippen molar-refractivity contribution in [3.8, 4) is 0 Å². The van der Waals surface area contributed by atoms with E-state index in [0.29, 0.717) is 13.1 Å². The number of hydrogen-bond donors (Lipinski definition) is 3. The van der Waals surface area contributed by atoms with Gasteiger partial charge in [-0.15, -0.1) is 0 Å². The third-order valence-electron chi connectivity index (χ3n) is 1.57. The fourth-order valence-electron chi connectivity index (χ4n) is 0.918. The highest BCUT2D eigenvalue weighted by atomic mass is 32.2. The van der Waals surface area contributed by atoms with E-state index in [2.05, 4.69) is 5.32 Å². The molecule has 0 fully saturated rings. The third-order valence-corrected chi connectivity index (χ3v) is 2.34. The molecule has 0 aromatic rings. The summed E-state index contributed by atoms with van der Waals surface area (Å²) in [5.41, 5.74) is 0. The Morgan fingerprint density at radius 1 is 1.54 bits per heavy atom. The van der Waals surface area contributed by atoms with Gasteiger partial charge in [-0.3, -0.25) is 0 Å². The first-order valence-corrected chi connectivity index (χ1v) is 6.06. The normalized spacial score (nSPS) is 14.4. The molecule has 5 nitrogen and oxygen atoms in total.